The molecule has 0 saturated carbocycles. The minimum absolute atomic E-state index is 0.0599. The number of hydrogen-bond acceptors (Lipinski definition) is 6. The third kappa shape index (κ3) is 67.1. The van der Waals surface area contributed by atoms with Crippen LogP contribution in [0.15, 0.2) is 0 Å². The molecule has 1 atom stereocenters. The molecular weight excluding hydrogens is 973 g/mol. The van der Waals surface area contributed by atoms with Crippen molar-refractivity contribution in [3.63, 3.8) is 0 Å². The summed E-state index contributed by atoms with van der Waals surface area (Å²) in [5.41, 5.74) is 0. The molecule has 470 valence electrons. The minimum atomic E-state index is -0.764. The maximum absolute atomic E-state index is 13.0. The highest BCUT2D eigenvalue weighted by atomic mass is 16.6. The van der Waals surface area contributed by atoms with E-state index in [1.54, 1.807) is 0 Å². The lowest BCUT2D eigenvalue weighted by atomic mass is 10.0. The van der Waals surface area contributed by atoms with Crippen LogP contribution in [0, 0.1) is 0 Å². The Morgan fingerprint density at radius 3 is 0.506 bits per heavy atom. The van der Waals surface area contributed by atoms with E-state index >= 15 is 0 Å². The lowest BCUT2D eigenvalue weighted by Gasteiger charge is -2.18. The number of esters is 3. The Morgan fingerprint density at radius 1 is 0.203 bits per heavy atom. The molecule has 0 aliphatic carbocycles. The Kier molecular flexibility index (Phi) is 67.5. The van der Waals surface area contributed by atoms with E-state index in [0.717, 1.165) is 57.8 Å². The van der Waals surface area contributed by atoms with Crippen molar-refractivity contribution in [1.29, 1.82) is 0 Å². The maximum Gasteiger partial charge on any atom is 0.306 e. The molecule has 0 radical (unpaired) electrons. The van der Waals surface area contributed by atoms with Gasteiger partial charge in [0.2, 0.25) is 0 Å². The minimum Gasteiger partial charge on any atom is -0.462 e. The van der Waals surface area contributed by atoms with Crippen LogP contribution in [-0.2, 0) is 28.6 Å². The number of unbranched alkanes of at least 4 members (excludes halogenated alkanes) is 58. The summed E-state index contributed by atoms with van der Waals surface area (Å²) in [5.74, 6) is -0.816. The molecule has 0 amide bonds. The Bertz CT molecular complexity index is 1190. The molecule has 6 nitrogen and oxygen atoms in total. The fourth-order valence-corrected chi connectivity index (χ4v) is 11.6. The number of ether oxygens (including phenoxy) is 3. The van der Waals surface area contributed by atoms with E-state index in [2.05, 4.69) is 20.8 Å². The summed E-state index contributed by atoms with van der Waals surface area (Å²) >= 11 is 0. The molecule has 0 spiro atoms. The van der Waals surface area contributed by atoms with Crippen LogP contribution >= 0.6 is 0 Å². The predicted molar refractivity (Wildman–Crippen MR) is 344 cm³/mol. The summed E-state index contributed by atoms with van der Waals surface area (Å²) in [5, 5.41) is 0. The van der Waals surface area contributed by atoms with E-state index in [-0.39, 0.29) is 31.1 Å². The summed E-state index contributed by atoms with van der Waals surface area (Å²) in [4.78, 5) is 38.5. The van der Waals surface area contributed by atoms with E-state index in [1.165, 1.54) is 334 Å². The molecule has 0 aliphatic rings. The van der Waals surface area contributed by atoms with Gasteiger partial charge in [0, 0.05) is 19.3 Å². The zero-order valence-electron chi connectivity index (χ0n) is 54.2. The second kappa shape index (κ2) is 68.9. The molecule has 1 unspecified atom stereocenters. The highest BCUT2D eigenvalue weighted by Gasteiger charge is 2.20. The average Bonchev–Trinajstić information content (AvgIpc) is 3.45. The van der Waals surface area contributed by atoms with Gasteiger partial charge in [0.15, 0.2) is 6.10 Å². The van der Waals surface area contributed by atoms with Crippen LogP contribution in [-0.4, -0.2) is 37.2 Å². The average molecular weight is 1120 g/mol. The van der Waals surface area contributed by atoms with Gasteiger partial charge in [-0.25, -0.2) is 0 Å². The van der Waals surface area contributed by atoms with Crippen molar-refractivity contribution in [2.24, 2.45) is 0 Å². The molecule has 79 heavy (non-hydrogen) atoms. The van der Waals surface area contributed by atoms with Crippen LogP contribution in [0.4, 0.5) is 0 Å². The summed E-state index contributed by atoms with van der Waals surface area (Å²) in [6, 6.07) is 0. The summed E-state index contributed by atoms with van der Waals surface area (Å²) in [6.45, 7) is 6.76. The third-order valence-corrected chi connectivity index (χ3v) is 17.1. The van der Waals surface area contributed by atoms with Crippen molar-refractivity contribution in [1.82, 2.24) is 0 Å². The zero-order chi connectivity index (χ0) is 57.1. The Labute approximate surface area is 495 Å². The van der Waals surface area contributed by atoms with Crippen LogP contribution in [0.2, 0.25) is 0 Å². The number of rotatable bonds is 69. The molecule has 0 aromatic carbocycles. The summed E-state index contributed by atoms with van der Waals surface area (Å²) < 4.78 is 17.0. The highest BCUT2D eigenvalue weighted by Crippen LogP contribution is 2.20. The Balaban J connectivity index is 4.24. The molecule has 0 fully saturated rings. The first-order chi connectivity index (χ1) is 39.0. The lowest BCUT2D eigenvalue weighted by Crippen LogP contribution is -2.30. The largest absolute Gasteiger partial charge is 0.462 e. The SMILES string of the molecule is CCCCCCCCCCCCCCCCCCCCCCCCCCC(=O)OCC(COC(=O)CCCCCCCCCCCCCCCCCCC)OC(=O)CCCCCCCCCCCCCCCCCCCCCC. The monoisotopic (exact) mass is 1120 g/mol. The number of hydrogen-bond donors (Lipinski definition) is 0. The Morgan fingerprint density at radius 2 is 0.342 bits per heavy atom. The van der Waals surface area contributed by atoms with E-state index in [9.17, 15) is 14.4 Å². The van der Waals surface area contributed by atoms with Gasteiger partial charge in [-0.3, -0.25) is 14.4 Å². The van der Waals surface area contributed by atoms with Gasteiger partial charge in [-0.2, -0.15) is 0 Å². The smallest absolute Gasteiger partial charge is 0.306 e. The number of carbonyl (C=O) groups excluding carboxylic acids is 3. The van der Waals surface area contributed by atoms with Gasteiger partial charge in [0.05, 0.1) is 0 Å². The van der Waals surface area contributed by atoms with Gasteiger partial charge in [-0.15, -0.1) is 0 Å². The highest BCUT2D eigenvalue weighted by molar-refractivity contribution is 5.71. The first-order valence-corrected chi connectivity index (χ1v) is 36.5. The molecule has 0 heterocycles. The quantitative estimate of drug-likeness (QED) is 0.0343. The lowest BCUT2D eigenvalue weighted by molar-refractivity contribution is -0.167. The molecule has 0 bridgehead atoms. The van der Waals surface area contributed by atoms with Gasteiger partial charge < -0.3 is 14.2 Å². The van der Waals surface area contributed by atoms with Crippen LogP contribution < -0.4 is 0 Å². The van der Waals surface area contributed by atoms with Gasteiger partial charge in [0.25, 0.3) is 0 Å². The molecule has 6 heteroatoms. The van der Waals surface area contributed by atoms with Crippen LogP contribution in [0.5, 0.6) is 0 Å². The summed E-state index contributed by atoms with van der Waals surface area (Å²) in [6.07, 6.45) is 81.4. The van der Waals surface area contributed by atoms with E-state index < -0.39 is 6.10 Å². The fourth-order valence-electron chi connectivity index (χ4n) is 11.6. The second-order valence-corrected chi connectivity index (χ2v) is 25.2. The fraction of sp³-hybridized carbons (Fsp3) is 0.959. The van der Waals surface area contributed by atoms with E-state index in [0.29, 0.717) is 19.3 Å². The van der Waals surface area contributed by atoms with Gasteiger partial charge in [-0.1, -0.05) is 393 Å². The van der Waals surface area contributed by atoms with Crippen molar-refractivity contribution >= 4 is 17.9 Å². The first-order valence-electron chi connectivity index (χ1n) is 36.5. The standard InChI is InChI=1S/C73H142O6/c1-4-7-10-13-16-19-22-25-28-31-33-35-36-37-38-40-42-45-48-51-54-57-60-63-66-72(75)78-69-70(68-77-71(74)65-62-59-56-53-50-47-44-41-30-27-24-21-18-15-12-9-6-3)79-73(76)67-64-61-58-55-52-49-46-43-39-34-32-29-26-23-20-17-14-11-8-5-2/h70H,4-69H2,1-3H3. The Hall–Kier alpha value is -1.59. The van der Waals surface area contributed by atoms with Crippen molar-refractivity contribution in [3.8, 4) is 0 Å². The second-order valence-electron chi connectivity index (χ2n) is 25.2. The molecule has 0 aromatic rings. The third-order valence-electron chi connectivity index (χ3n) is 17.1. The zero-order valence-corrected chi connectivity index (χ0v) is 54.2. The molecule has 0 saturated heterocycles. The van der Waals surface area contributed by atoms with Gasteiger partial charge >= 0.3 is 17.9 Å². The molecule has 0 aliphatic heterocycles. The van der Waals surface area contributed by atoms with Crippen molar-refractivity contribution in [2.75, 3.05) is 13.2 Å². The molecule has 0 N–H and O–H groups in total. The van der Waals surface area contributed by atoms with Crippen LogP contribution in [0.3, 0.4) is 0 Å². The van der Waals surface area contributed by atoms with Gasteiger partial charge in [0.1, 0.15) is 13.2 Å². The van der Waals surface area contributed by atoms with E-state index in [4.69, 9.17) is 14.2 Å². The van der Waals surface area contributed by atoms with Crippen molar-refractivity contribution in [3.05, 3.63) is 0 Å². The maximum atomic E-state index is 13.0. The predicted octanol–water partition coefficient (Wildman–Crippen LogP) is 25.0. The number of carbonyl (C=O) groups is 3. The normalized spacial score (nSPS) is 11.9. The van der Waals surface area contributed by atoms with Crippen LogP contribution in [0.25, 0.3) is 0 Å². The van der Waals surface area contributed by atoms with Crippen molar-refractivity contribution in [2.45, 2.75) is 438 Å². The molecular formula is C73H142O6. The van der Waals surface area contributed by atoms with Crippen LogP contribution in [0.1, 0.15) is 432 Å². The topological polar surface area (TPSA) is 78.9 Å². The van der Waals surface area contributed by atoms with Crippen molar-refractivity contribution < 1.29 is 28.6 Å². The molecule has 0 aromatic heterocycles. The van der Waals surface area contributed by atoms with E-state index in [1.807, 2.05) is 0 Å². The molecule has 0 rings (SSSR count). The summed E-state index contributed by atoms with van der Waals surface area (Å²) in [7, 11) is 0. The first kappa shape index (κ1) is 77.4. The van der Waals surface area contributed by atoms with Gasteiger partial charge in [-0.05, 0) is 19.3 Å².